The van der Waals surface area contributed by atoms with Crippen LogP contribution in [0.2, 0.25) is 10.4 Å². The number of nitrogens with two attached hydrogens (primary N) is 2. The number of anilines is 6. The van der Waals surface area contributed by atoms with Crippen molar-refractivity contribution in [2.45, 2.75) is 77.3 Å². The summed E-state index contributed by atoms with van der Waals surface area (Å²) in [5, 5.41) is 14.1. The Labute approximate surface area is 479 Å². The van der Waals surface area contributed by atoms with Crippen LogP contribution in [-0.4, -0.2) is 114 Å². The van der Waals surface area contributed by atoms with Gasteiger partial charge in [-0.3, -0.25) is 9.69 Å². The van der Waals surface area contributed by atoms with Gasteiger partial charge in [-0.15, -0.1) is 0 Å². The standard InChI is InChI=1S/C20H22BrN5O4S.C9H13NO2.C8H19N.C7H10N2O2S.C4HBrCl2N2.C2H4O2/c1-12-9-13(10-16(29-3)18(12)30-4)24-20-23-11-14(21)19(26-20)25-15-7-5-6-8-17(15)31(27,28)22-2;1-6-4-7(10)5-8(11-2)9(6)12-3;1-6-9(7(2)3)8(4)5;1-9-12(10,11)7-5-3-2-4-6(7)8;5-2-1-8-4(7)9-3(2)6;1-2(3)4/h5-11,22H,1-4H3,(H2,23,24,25,26);4-5H,10H2,1-3H3;7-8H,6H2,1-5H3;2-5,9H,8H2,1H3;1H;1H3,(H,3,4). The van der Waals surface area contributed by atoms with E-state index in [1.807, 2.05) is 26.0 Å². The minimum Gasteiger partial charge on any atom is -0.493 e. The highest BCUT2D eigenvalue weighted by Gasteiger charge is 2.19. The minimum absolute atomic E-state index is 0.105. The average Bonchev–Trinajstić information content (AvgIpc) is 3.36. The molecule has 0 saturated heterocycles. The molecule has 6 rings (SSSR count). The molecule has 0 aliphatic carbocycles. The number of para-hydroxylation sites is 2. The fourth-order valence-corrected chi connectivity index (χ4v) is 9.11. The van der Waals surface area contributed by atoms with E-state index in [1.165, 1.54) is 32.4 Å². The van der Waals surface area contributed by atoms with E-state index in [2.05, 4.69) is 111 Å². The summed E-state index contributed by atoms with van der Waals surface area (Å²) in [5.74, 6) is 2.52. The Kier molecular flexibility index (Phi) is 30.7. The maximum absolute atomic E-state index is 12.3. The van der Waals surface area contributed by atoms with Gasteiger partial charge in [-0.2, -0.15) is 4.98 Å². The molecule has 0 saturated carbocycles. The van der Waals surface area contributed by atoms with E-state index in [4.69, 9.17) is 63.5 Å². The van der Waals surface area contributed by atoms with Crippen molar-refractivity contribution in [3.8, 4) is 23.0 Å². The number of nitrogens with one attached hydrogen (secondary N) is 4. The Balaban J connectivity index is 0.000000530. The van der Waals surface area contributed by atoms with Crippen molar-refractivity contribution in [3.63, 3.8) is 0 Å². The third kappa shape index (κ3) is 23.4. The van der Waals surface area contributed by atoms with Gasteiger partial charge in [0.25, 0.3) is 5.97 Å². The molecule has 2 aromatic heterocycles. The number of carbonyl (C=O) groups is 1. The second kappa shape index (κ2) is 34.2. The number of methoxy groups -OCH3 is 4. The molecule has 6 aromatic rings. The largest absolute Gasteiger partial charge is 0.493 e. The summed E-state index contributed by atoms with van der Waals surface area (Å²) in [4.78, 5) is 27.7. The average molecular weight is 1280 g/mol. The molecule has 424 valence electrons. The van der Waals surface area contributed by atoms with Crippen molar-refractivity contribution >= 4 is 116 Å². The summed E-state index contributed by atoms with van der Waals surface area (Å²) in [6.07, 6.45) is 3.07. The molecule has 21 nitrogen and oxygen atoms in total. The highest BCUT2D eigenvalue weighted by atomic mass is 79.9. The molecule has 0 amide bonds. The molecular weight excluding hydrogens is 1210 g/mol. The molecule has 27 heteroatoms. The molecule has 4 aromatic carbocycles. The van der Waals surface area contributed by atoms with Crippen molar-refractivity contribution < 1.29 is 45.7 Å². The Morgan fingerprint density at radius 2 is 1.19 bits per heavy atom. The van der Waals surface area contributed by atoms with Gasteiger partial charge in [0.2, 0.25) is 31.3 Å². The van der Waals surface area contributed by atoms with Crippen molar-refractivity contribution in [2.24, 2.45) is 0 Å². The first kappa shape index (κ1) is 69.2. The number of aromatic nitrogens is 4. The summed E-state index contributed by atoms with van der Waals surface area (Å²) >= 11 is 17.4. The predicted octanol–water partition coefficient (Wildman–Crippen LogP) is 10.5. The van der Waals surface area contributed by atoms with Crippen molar-refractivity contribution in [1.29, 1.82) is 0 Å². The first-order valence-corrected chi connectivity index (χ1v) is 28.3. The fraction of sp³-hybridized carbons (Fsp3) is 0.340. The maximum Gasteiger partial charge on any atom is 0.300 e. The molecule has 0 spiro atoms. The van der Waals surface area contributed by atoms with Gasteiger partial charge in [-0.25, -0.2) is 41.2 Å². The van der Waals surface area contributed by atoms with Crippen molar-refractivity contribution in [3.05, 3.63) is 116 Å². The number of aliphatic carboxylic acids is 1. The number of hydrogen-bond donors (Lipinski definition) is 7. The van der Waals surface area contributed by atoms with Crippen molar-refractivity contribution in [2.75, 3.05) is 71.2 Å². The van der Waals surface area contributed by atoms with Gasteiger partial charge in [0.15, 0.2) is 23.0 Å². The number of aryl methyl sites for hydroxylation is 2. The van der Waals surface area contributed by atoms with Crippen LogP contribution >= 0.6 is 55.1 Å². The number of benzene rings is 4. The van der Waals surface area contributed by atoms with Crippen LogP contribution in [0.4, 0.5) is 34.5 Å². The third-order valence-electron chi connectivity index (χ3n) is 9.89. The lowest BCUT2D eigenvalue weighted by atomic mass is 10.2. The van der Waals surface area contributed by atoms with Gasteiger partial charge in [0.05, 0.1) is 48.8 Å². The normalized spacial score (nSPS) is 10.6. The zero-order valence-corrected chi connectivity index (χ0v) is 51.6. The van der Waals surface area contributed by atoms with Gasteiger partial charge >= 0.3 is 0 Å². The molecule has 0 radical (unpaired) electrons. The lowest BCUT2D eigenvalue weighted by Crippen LogP contribution is -2.36. The van der Waals surface area contributed by atoms with E-state index in [0.29, 0.717) is 72.3 Å². The molecule has 2 heterocycles. The van der Waals surface area contributed by atoms with Gasteiger partial charge in [-0.05, 0) is 153 Å². The van der Waals surface area contributed by atoms with Crippen LogP contribution in [0.15, 0.2) is 104 Å². The fourth-order valence-electron chi connectivity index (χ4n) is 6.58. The van der Waals surface area contributed by atoms with E-state index in [0.717, 1.165) is 30.3 Å². The quantitative estimate of drug-likeness (QED) is 0.0286. The van der Waals surface area contributed by atoms with Gasteiger partial charge < -0.3 is 46.2 Å². The highest BCUT2D eigenvalue weighted by molar-refractivity contribution is 9.11. The van der Waals surface area contributed by atoms with Crippen molar-refractivity contribution in [1.82, 2.24) is 34.3 Å². The number of halogens is 4. The molecule has 0 fully saturated rings. The first-order chi connectivity index (χ1) is 36.1. The van der Waals surface area contributed by atoms with E-state index in [1.54, 1.807) is 83.2 Å². The van der Waals surface area contributed by atoms with Gasteiger partial charge in [0, 0.05) is 54.9 Å². The van der Waals surface area contributed by atoms with E-state index < -0.39 is 26.0 Å². The maximum atomic E-state index is 12.3. The number of ether oxygens (including phenoxy) is 4. The number of rotatable bonds is 15. The molecule has 0 bridgehead atoms. The number of nitrogens with zero attached hydrogens (tertiary/aromatic N) is 5. The Morgan fingerprint density at radius 3 is 1.65 bits per heavy atom. The molecular formula is C50H69Br2Cl2N11O10S2. The highest BCUT2D eigenvalue weighted by Crippen LogP contribution is 2.36. The number of carboxylic acid groups (broad SMARTS) is 1. The number of hydrogen-bond acceptors (Lipinski definition) is 18. The van der Waals surface area contributed by atoms with Crippen LogP contribution in [0.5, 0.6) is 23.0 Å². The molecule has 77 heavy (non-hydrogen) atoms. The van der Waals surface area contributed by atoms with Gasteiger partial charge in [-0.1, -0.05) is 42.8 Å². The zero-order valence-electron chi connectivity index (χ0n) is 45.3. The summed E-state index contributed by atoms with van der Waals surface area (Å²) < 4.78 is 73.8. The molecule has 0 aliphatic heterocycles. The molecule has 9 N–H and O–H groups in total. The lowest BCUT2D eigenvalue weighted by molar-refractivity contribution is -0.134. The van der Waals surface area contributed by atoms with E-state index in [9.17, 15) is 16.8 Å². The number of nitrogen functional groups attached to an aromatic ring is 2. The van der Waals surface area contributed by atoms with Crippen LogP contribution in [0, 0.1) is 13.8 Å². The third-order valence-corrected chi connectivity index (χ3v) is 14.7. The number of sulfonamides is 2. The van der Waals surface area contributed by atoms with E-state index >= 15 is 0 Å². The monoisotopic (exact) mass is 1280 g/mol. The van der Waals surface area contributed by atoms with Crippen LogP contribution in [0.1, 0.15) is 52.7 Å². The molecule has 0 unspecified atom stereocenters. The first-order valence-electron chi connectivity index (χ1n) is 22.9. The molecule has 0 atom stereocenters. The summed E-state index contributed by atoms with van der Waals surface area (Å²) in [7, 11) is 2.01. The predicted molar refractivity (Wildman–Crippen MR) is 315 cm³/mol. The van der Waals surface area contributed by atoms with Crippen LogP contribution < -0.4 is 50.5 Å². The molecule has 0 aliphatic rings. The minimum atomic E-state index is -3.65. The lowest BCUT2D eigenvalue weighted by Gasteiger charge is -2.28. The zero-order chi connectivity index (χ0) is 58.8. The SMILES string of the molecule is CC(=O)O.CCN(C(C)C)C(C)C.CNS(=O)(=O)c1ccccc1N.CNS(=O)(=O)c1ccccc1Nc1nc(Nc2cc(C)c(OC)c(OC)c2)ncc1Br.COc1cc(N)cc(C)c1OC.Clc1ncc(Br)c(Cl)n1. The number of carboxylic acids is 1. The summed E-state index contributed by atoms with van der Waals surface area (Å²) in [6, 6.07) is 21.5. The Hall–Kier alpha value is -5.77. The van der Waals surface area contributed by atoms with Crippen LogP contribution in [0.3, 0.4) is 0 Å². The second-order valence-electron chi connectivity index (χ2n) is 16.0. The second-order valence-corrected chi connectivity index (χ2v) is 22.1. The Bertz CT molecular complexity index is 3050. The Morgan fingerprint density at radius 1 is 0.714 bits per heavy atom. The van der Waals surface area contributed by atoms with Crippen LogP contribution in [-0.2, 0) is 24.8 Å². The summed E-state index contributed by atoms with van der Waals surface area (Å²) in [5.41, 5.74) is 15.0. The van der Waals surface area contributed by atoms with Gasteiger partial charge in [0.1, 0.15) is 20.8 Å². The van der Waals surface area contributed by atoms with Crippen LogP contribution in [0.25, 0.3) is 0 Å². The summed E-state index contributed by atoms with van der Waals surface area (Å²) in [6.45, 7) is 17.2. The smallest absolute Gasteiger partial charge is 0.300 e. The topological polar surface area (TPSA) is 297 Å². The van der Waals surface area contributed by atoms with E-state index in [-0.39, 0.29) is 20.8 Å².